The minimum Gasteiger partial charge on any atom is -0.497 e. The van der Waals surface area contributed by atoms with E-state index in [2.05, 4.69) is 4.98 Å². The topological polar surface area (TPSA) is 133 Å². The van der Waals surface area contributed by atoms with Gasteiger partial charge in [0.15, 0.2) is 5.69 Å². The number of ether oxygens (including phenoxy) is 2. The largest absolute Gasteiger partial charge is 0.497 e. The molecule has 182 valence electrons. The van der Waals surface area contributed by atoms with Crippen LogP contribution in [0.15, 0.2) is 68.8 Å². The van der Waals surface area contributed by atoms with Crippen LogP contribution in [0.5, 0.6) is 5.75 Å². The molecule has 0 unspecified atom stereocenters. The number of benzene rings is 2. The van der Waals surface area contributed by atoms with E-state index in [1.807, 2.05) is 30.3 Å². The van der Waals surface area contributed by atoms with Gasteiger partial charge in [0, 0.05) is 30.7 Å². The summed E-state index contributed by atoms with van der Waals surface area (Å²) in [5, 5.41) is 0.752. The van der Waals surface area contributed by atoms with Gasteiger partial charge < -0.3 is 24.5 Å². The van der Waals surface area contributed by atoms with Gasteiger partial charge >= 0.3 is 5.69 Å². The maximum Gasteiger partial charge on any atom is 0.330 e. The Labute approximate surface area is 200 Å². The summed E-state index contributed by atoms with van der Waals surface area (Å²) in [6.45, 7) is 0.358. The van der Waals surface area contributed by atoms with E-state index < -0.39 is 17.2 Å². The molecule has 4 rings (SSSR count). The molecule has 2 aromatic heterocycles. The Morgan fingerprint density at radius 3 is 2.63 bits per heavy atom. The highest BCUT2D eigenvalue weighted by atomic mass is 16.5. The molecule has 3 N–H and O–H groups in total. The van der Waals surface area contributed by atoms with Crippen LogP contribution in [-0.2, 0) is 22.5 Å². The van der Waals surface area contributed by atoms with Crippen LogP contribution in [0.1, 0.15) is 11.1 Å². The summed E-state index contributed by atoms with van der Waals surface area (Å²) >= 11 is 0. The number of nitrogen functional groups attached to an aromatic ring is 1. The van der Waals surface area contributed by atoms with Gasteiger partial charge in [0.2, 0.25) is 5.91 Å². The van der Waals surface area contributed by atoms with Crippen molar-refractivity contribution in [2.75, 3.05) is 38.0 Å². The third-order valence-electron chi connectivity index (χ3n) is 5.69. The zero-order chi connectivity index (χ0) is 24.9. The number of aromatic nitrogens is 2. The van der Waals surface area contributed by atoms with Crippen LogP contribution in [0.2, 0.25) is 0 Å². The molecule has 2 heterocycles. The molecule has 0 radical (unpaired) electrons. The van der Waals surface area contributed by atoms with Gasteiger partial charge in [-0.1, -0.05) is 30.3 Å². The predicted octanol–water partition coefficient (Wildman–Crippen LogP) is 2.14. The second-order valence-corrected chi connectivity index (χ2v) is 7.90. The summed E-state index contributed by atoms with van der Waals surface area (Å²) < 4.78 is 17.2. The quantitative estimate of drug-likeness (QED) is 0.377. The number of rotatable bonds is 9. The van der Waals surface area contributed by atoms with Crippen LogP contribution in [0.3, 0.4) is 0 Å². The number of fused-ring (bicyclic) bond motifs is 1. The Morgan fingerprint density at radius 2 is 1.91 bits per heavy atom. The van der Waals surface area contributed by atoms with Crippen LogP contribution in [0.25, 0.3) is 11.0 Å². The standard InChI is InChI=1S/C25H26N4O6/c1-33-11-10-28(21(30)12-17-15-35-20-13-18(34-2)8-9-19(17)20)22-23(26)29(25(32)27-24(22)31)14-16-6-4-3-5-7-16/h3-9,13,15H,10-12,14,26H2,1-2H3,(H,27,31,32). The molecule has 0 saturated heterocycles. The lowest BCUT2D eigenvalue weighted by Gasteiger charge is -2.24. The fourth-order valence-corrected chi connectivity index (χ4v) is 3.89. The molecular formula is C25H26N4O6. The molecule has 35 heavy (non-hydrogen) atoms. The highest BCUT2D eigenvalue weighted by Gasteiger charge is 2.25. The number of furan rings is 1. The lowest BCUT2D eigenvalue weighted by atomic mass is 10.1. The van der Waals surface area contributed by atoms with Gasteiger partial charge in [-0.25, -0.2) is 4.79 Å². The van der Waals surface area contributed by atoms with Gasteiger partial charge in [-0.05, 0) is 17.7 Å². The first-order valence-corrected chi connectivity index (χ1v) is 10.9. The molecule has 4 aromatic rings. The lowest BCUT2D eigenvalue weighted by molar-refractivity contribution is -0.118. The fourth-order valence-electron chi connectivity index (χ4n) is 3.89. The van der Waals surface area contributed by atoms with Gasteiger partial charge in [0.1, 0.15) is 17.2 Å². The molecule has 0 aliphatic carbocycles. The molecule has 10 heteroatoms. The van der Waals surface area contributed by atoms with Crippen molar-refractivity contribution >= 4 is 28.4 Å². The molecule has 0 saturated carbocycles. The Bertz CT molecular complexity index is 1450. The van der Waals surface area contributed by atoms with E-state index in [-0.39, 0.29) is 37.6 Å². The second kappa shape index (κ2) is 10.3. The average molecular weight is 479 g/mol. The average Bonchev–Trinajstić information content (AvgIpc) is 3.25. The minimum atomic E-state index is -0.747. The first-order valence-electron chi connectivity index (χ1n) is 10.9. The first kappa shape index (κ1) is 23.8. The number of anilines is 2. The van der Waals surface area contributed by atoms with Gasteiger partial charge in [0.05, 0.1) is 32.9 Å². The SMILES string of the molecule is COCCN(C(=O)Cc1coc2cc(OC)ccc12)c1c(N)n(Cc2ccccc2)c(=O)[nH]c1=O. The molecule has 10 nitrogen and oxygen atoms in total. The molecule has 0 aliphatic rings. The number of amides is 1. The van der Waals surface area contributed by atoms with Crippen molar-refractivity contribution in [3.05, 3.63) is 86.8 Å². The van der Waals surface area contributed by atoms with Crippen LogP contribution < -0.4 is 26.6 Å². The highest BCUT2D eigenvalue weighted by Crippen LogP contribution is 2.27. The number of carbonyl (C=O) groups excluding carboxylic acids is 1. The smallest absolute Gasteiger partial charge is 0.330 e. The molecule has 2 aromatic carbocycles. The molecule has 0 bridgehead atoms. The number of H-pyrrole nitrogens is 1. The van der Waals surface area contributed by atoms with Crippen LogP contribution in [0.4, 0.5) is 11.5 Å². The molecule has 1 amide bonds. The third-order valence-corrected chi connectivity index (χ3v) is 5.69. The number of carbonyl (C=O) groups is 1. The van der Waals surface area contributed by atoms with Crippen molar-refractivity contribution in [2.24, 2.45) is 0 Å². The lowest BCUT2D eigenvalue weighted by Crippen LogP contribution is -2.43. The number of nitrogens with one attached hydrogen (secondary N) is 1. The molecule has 0 spiro atoms. The minimum absolute atomic E-state index is 0.0558. The van der Waals surface area contributed by atoms with Crippen LogP contribution >= 0.6 is 0 Å². The van der Waals surface area contributed by atoms with E-state index in [1.54, 1.807) is 25.3 Å². The Morgan fingerprint density at radius 1 is 1.14 bits per heavy atom. The molecular weight excluding hydrogens is 452 g/mol. The summed E-state index contributed by atoms with van der Waals surface area (Å²) in [6.07, 6.45) is 1.44. The number of nitrogens with zero attached hydrogens (tertiary/aromatic N) is 2. The molecule has 0 fully saturated rings. The number of hydrogen-bond donors (Lipinski definition) is 2. The van der Waals surface area contributed by atoms with Gasteiger partial charge in [-0.3, -0.25) is 19.1 Å². The van der Waals surface area contributed by atoms with Crippen LogP contribution in [0, 0.1) is 0 Å². The van der Waals surface area contributed by atoms with Crippen LogP contribution in [-0.4, -0.2) is 42.8 Å². The fraction of sp³-hybridized carbons (Fsp3) is 0.240. The normalized spacial score (nSPS) is 11.0. The summed E-state index contributed by atoms with van der Waals surface area (Å²) in [5.41, 5.74) is 6.84. The first-order chi connectivity index (χ1) is 16.9. The van der Waals surface area contributed by atoms with Crippen molar-refractivity contribution < 1.29 is 18.7 Å². The van der Waals surface area contributed by atoms with E-state index in [9.17, 15) is 14.4 Å². The van der Waals surface area contributed by atoms with E-state index in [0.29, 0.717) is 16.9 Å². The van der Waals surface area contributed by atoms with E-state index in [1.165, 1.54) is 22.8 Å². The maximum absolute atomic E-state index is 13.5. The van der Waals surface area contributed by atoms with Crippen molar-refractivity contribution in [3.63, 3.8) is 0 Å². The van der Waals surface area contributed by atoms with Gasteiger partial charge in [-0.15, -0.1) is 0 Å². The van der Waals surface area contributed by atoms with E-state index in [4.69, 9.17) is 19.6 Å². The predicted molar refractivity (Wildman–Crippen MR) is 132 cm³/mol. The number of nitrogens with two attached hydrogens (primary N) is 1. The van der Waals surface area contributed by atoms with Gasteiger partial charge in [-0.2, -0.15) is 0 Å². The Hall–Kier alpha value is -4.31. The van der Waals surface area contributed by atoms with E-state index in [0.717, 1.165) is 10.9 Å². The highest BCUT2D eigenvalue weighted by molar-refractivity contribution is 5.99. The van der Waals surface area contributed by atoms with Crippen molar-refractivity contribution in [3.8, 4) is 5.75 Å². The van der Waals surface area contributed by atoms with Crippen molar-refractivity contribution in [1.82, 2.24) is 9.55 Å². The molecule has 0 atom stereocenters. The molecule has 0 aliphatic heterocycles. The van der Waals surface area contributed by atoms with Gasteiger partial charge in [0.25, 0.3) is 5.56 Å². The number of hydrogen-bond acceptors (Lipinski definition) is 7. The zero-order valence-corrected chi connectivity index (χ0v) is 19.4. The second-order valence-electron chi connectivity index (χ2n) is 7.90. The Kier molecular flexibility index (Phi) is 7.02. The summed E-state index contributed by atoms with van der Waals surface area (Å²) in [4.78, 5) is 42.4. The third kappa shape index (κ3) is 4.97. The summed E-state index contributed by atoms with van der Waals surface area (Å²) in [5.74, 6) is 0.128. The monoisotopic (exact) mass is 478 g/mol. The summed E-state index contributed by atoms with van der Waals surface area (Å²) in [7, 11) is 3.05. The number of methoxy groups -OCH3 is 2. The van der Waals surface area contributed by atoms with Crippen molar-refractivity contribution in [1.29, 1.82) is 0 Å². The van der Waals surface area contributed by atoms with Crippen molar-refractivity contribution in [2.45, 2.75) is 13.0 Å². The Balaban J connectivity index is 1.71. The maximum atomic E-state index is 13.5. The summed E-state index contributed by atoms with van der Waals surface area (Å²) in [6, 6.07) is 14.5. The number of aromatic amines is 1. The zero-order valence-electron chi connectivity index (χ0n) is 19.4. The van der Waals surface area contributed by atoms with E-state index >= 15 is 0 Å².